The summed E-state index contributed by atoms with van der Waals surface area (Å²) in [6, 6.07) is 7.52. The number of hydrogen-bond acceptors (Lipinski definition) is 8. The lowest BCUT2D eigenvalue weighted by molar-refractivity contribution is -0.117. The van der Waals surface area contributed by atoms with Crippen LogP contribution in [-0.2, 0) is 16.7 Å². The summed E-state index contributed by atoms with van der Waals surface area (Å²) in [4.78, 5) is 37.7. The van der Waals surface area contributed by atoms with Crippen molar-refractivity contribution in [3.63, 3.8) is 0 Å². The highest BCUT2D eigenvalue weighted by Gasteiger charge is 2.32. The number of rotatable bonds is 6. The molecule has 176 valence electrons. The summed E-state index contributed by atoms with van der Waals surface area (Å²) in [6.07, 6.45) is 3.19. The Morgan fingerprint density at radius 1 is 1.15 bits per heavy atom. The Morgan fingerprint density at radius 3 is 2.68 bits per heavy atom. The zero-order valence-corrected chi connectivity index (χ0v) is 19.4. The second kappa shape index (κ2) is 8.41. The molecule has 11 heteroatoms. The zero-order valence-electron chi connectivity index (χ0n) is 19.4. The molecule has 3 heterocycles. The van der Waals surface area contributed by atoms with E-state index in [1.807, 2.05) is 32.3 Å². The van der Waals surface area contributed by atoms with E-state index >= 15 is 0 Å². The SMILES string of the molecule is CONC(=O)c1cnc(NC(=O)C2CC2)cc1Nc1cccc2c1N(C)C(C)c1nn(C)nc1-2. The molecule has 1 aliphatic heterocycles. The summed E-state index contributed by atoms with van der Waals surface area (Å²) in [5.74, 6) is -0.114. The second-order valence-electron chi connectivity index (χ2n) is 8.55. The van der Waals surface area contributed by atoms with Gasteiger partial charge in [0.05, 0.1) is 35.8 Å². The van der Waals surface area contributed by atoms with E-state index in [2.05, 4.69) is 43.1 Å². The minimum atomic E-state index is -0.458. The van der Waals surface area contributed by atoms with Crippen LogP contribution < -0.4 is 21.0 Å². The number of hydrogen-bond donors (Lipinski definition) is 3. The van der Waals surface area contributed by atoms with Crippen LogP contribution in [-0.4, -0.2) is 45.9 Å². The molecule has 1 atom stereocenters. The van der Waals surface area contributed by atoms with E-state index in [0.29, 0.717) is 11.5 Å². The van der Waals surface area contributed by atoms with Crippen molar-refractivity contribution in [2.75, 3.05) is 29.7 Å². The molecule has 2 aromatic heterocycles. The number of aromatic nitrogens is 4. The first-order chi connectivity index (χ1) is 16.4. The molecule has 1 saturated carbocycles. The summed E-state index contributed by atoms with van der Waals surface area (Å²) in [7, 11) is 5.17. The number of aryl methyl sites for hydroxylation is 1. The van der Waals surface area contributed by atoms with Crippen molar-refractivity contribution in [2.45, 2.75) is 25.8 Å². The van der Waals surface area contributed by atoms with Gasteiger partial charge in [-0.3, -0.25) is 14.4 Å². The molecule has 0 spiro atoms. The molecule has 0 saturated heterocycles. The average molecular weight is 463 g/mol. The third-order valence-electron chi connectivity index (χ3n) is 6.17. The summed E-state index contributed by atoms with van der Waals surface area (Å²) >= 11 is 0. The first-order valence-corrected chi connectivity index (χ1v) is 11.1. The first-order valence-electron chi connectivity index (χ1n) is 11.1. The van der Waals surface area contributed by atoms with Crippen molar-refractivity contribution in [3.05, 3.63) is 41.7 Å². The van der Waals surface area contributed by atoms with Crippen molar-refractivity contribution < 1.29 is 14.4 Å². The van der Waals surface area contributed by atoms with Crippen LogP contribution in [0.5, 0.6) is 0 Å². The molecule has 1 aromatic carbocycles. The Kier molecular flexibility index (Phi) is 5.40. The normalized spacial score (nSPS) is 16.5. The molecule has 1 unspecified atom stereocenters. The average Bonchev–Trinajstić information content (AvgIpc) is 3.59. The van der Waals surface area contributed by atoms with Crippen LogP contribution in [0.4, 0.5) is 22.9 Å². The van der Waals surface area contributed by atoms with Gasteiger partial charge >= 0.3 is 0 Å². The summed E-state index contributed by atoms with van der Waals surface area (Å²) in [5, 5.41) is 15.3. The number of carbonyl (C=O) groups is 2. The number of fused-ring (bicyclic) bond motifs is 3. The quantitative estimate of drug-likeness (QED) is 0.478. The molecule has 3 N–H and O–H groups in total. The van der Waals surface area contributed by atoms with E-state index in [9.17, 15) is 9.59 Å². The van der Waals surface area contributed by atoms with E-state index in [4.69, 9.17) is 4.84 Å². The maximum absolute atomic E-state index is 12.6. The zero-order chi connectivity index (χ0) is 24.0. The van der Waals surface area contributed by atoms with E-state index in [-0.39, 0.29) is 23.4 Å². The molecule has 0 bridgehead atoms. The number of nitrogens with one attached hydrogen (secondary N) is 3. The molecule has 1 aliphatic carbocycles. The molecule has 2 aliphatic rings. The fourth-order valence-corrected chi connectivity index (χ4v) is 4.16. The van der Waals surface area contributed by atoms with Gasteiger partial charge < -0.3 is 15.5 Å². The summed E-state index contributed by atoms with van der Waals surface area (Å²) in [5.41, 5.74) is 7.47. The molecular weight excluding hydrogens is 436 g/mol. The summed E-state index contributed by atoms with van der Waals surface area (Å²) in [6.45, 7) is 2.07. The number of amides is 2. The van der Waals surface area contributed by atoms with Crippen LogP contribution in [0.15, 0.2) is 30.5 Å². The lowest BCUT2D eigenvalue weighted by Crippen LogP contribution is -2.27. The van der Waals surface area contributed by atoms with Gasteiger partial charge in [-0.05, 0) is 25.8 Å². The van der Waals surface area contributed by atoms with Gasteiger partial charge in [0.2, 0.25) is 5.91 Å². The molecule has 2 amide bonds. The Labute approximate surface area is 196 Å². The fourth-order valence-electron chi connectivity index (χ4n) is 4.16. The molecule has 0 radical (unpaired) electrons. The fraction of sp³-hybridized carbons (Fsp3) is 0.348. The molecule has 3 aromatic rings. The molecular formula is C23H26N8O3. The highest BCUT2D eigenvalue weighted by Crippen LogP contribution is 2.46. The number of para-hydroxylation sites is 1. The topological polar surface area (TPSA) is 126 Å². The lowest BCUT2D eigenvalue weighted by Gasteiger charge is -2.34. The highest BCUT2D eigenvalue weighted by atomic mass is 16.6. The molecule has 1 fully saturated rings. The van der Waals surface area contributed by atoms with Crippen LogP contribution in [0, 0.1) is 5.92 Å². The van der Waals surface area contributed by atoms with E-state index in [0.717, 1.165) is 41.2 Å². The number of pyridine rings is 1. The Morgan fingerprint density at radius 2 is 1.94 bits per heavy atom. The maximum atomic E-state index is 12.6. The number of benzene rings is 1. The van der Waals surface area contributed by atoms with Gasteiger partial charge in [0.25, 0.3) is 5.91 Å². The maximum Gasteiger partial charge on any atom is 0.278 e. The van der Waals surface area contributed by atoms with Gasteiger partial charge in [-0.2, -0.15) is 15.0 Å². The first kappa shape index (κ1) is 21.8. The van der Waals surface area contributed by atoms with Crippen molar-refractivity contribution in [3.8, 4) is 11.3 Å². The minimum Gasteiger partial charge on any atom is -0.364 e. The van der Waals surface area contributed by atoms with Gasteiger partial charge in [-0.25, -0.2) is 10.5 Å². The third kappa shape index (κ3) is 3.83. The van der Waals surface area contributed by atoms with Gasteiger partial charge in [0.15, 0.2) is 0 Å². The third-order valence-corrected chi connectivity index (χ3v) is 6.17. The van der Waals surface area contributed by atoms with Gasteiger partial charge in [0.1, 0.15) is 17.2 Å². The Bertz CT molecular complexity index is 1280. The van der Waals surface area contributed by atoms with Crippen molar-refractivity contribution in [1.82, 2.24) is 25.5 Å². The highest BCUT2D eigenvalue weighted by molar-refractivity contribution is 6.02. The van der Waals surface area contributed by atoms with Crippen molar-refractivity contribution in [1.29, 1.82) is 0 Å². The Hall–Kier alpha value is -3.99. The van der Waals surface area contributed by atoms with Gasteiger partial charge in [-0.1, -0.05) is 12.1 Å². The van der Waals surface area contributed by atoms with E-state index in [1.165, 1.54) is 13.3 Å². The molecule has 34 heavy (non-hydrogen) atoms. The predicted octanol–water partition coefficient (Wildman–Crippen LogP) is 2.77. The monoisotopic (exact) mass is 462 g/mol. The minimum absolute atomic E-state index is 0.00115. The van der Waals surface area contributed by atoms with E-state index < -0.39 is 5.91 Å². The number of carbonyl (C=O) groups excluding carboxylic acids is 2. The number of anilines is 4. The van der Waals surface area contributed by atoms with Crippen LogP contribution >= 0.6 is 0 Å². The van der Waals surface area contributed by atoms with Crippen molar-refractivity contribution >= 4 is 34.7 Å². The van der Waals surface area contributed by atoms with Crippen LogP contribution in [0.3, 0.4) is 0 Å². The Balaban J connectivity index is 1.56. The lowest BCUT2D eigenvalue weighted by atomic mass is 9.96. The molecule has 11 nitrogen and oxygen atoms in total. The van der Waals surface area contributed by atoms with Crippen LogP contribution in [0.2, 0.25) is 0 Å². The molecule has 5 rings (SSSR count). The van der Waals surface area contributed by atoms with E-state index in [1.54, 1.807) is 10.9 Å². The van der Waals surface area contributed by atoms with Crippen LogP contribution in [0.25, 0.3) is 11.3 Å². The summed E-state index contributed by atoms with van der Waals surface area (Å²) < 4.78 is 0. The number of hydroxylamine groups is 1. The largest absolute Gasteiger partial charge is 0.364 e. The second-order valence-corrected chi connectivity index (χ2v) is 8.55. The standard InChI is InChI=1S/C23H26N8O3/c1-12-19-20(28-31(3)27-19)14-6-5-7-16(21(14)30(12)2)25-17-10-18(26-22(32)13-8-9-13)24-11-15(17)23(33)29-34-4/h5-7,10-13H,8-9H2,1-4H3,(H,29,33)(H2,24,25,26,32). The smallest absolute Gasteiger partial charge is 0.278 e. The van der Waals surface area contributed by atoms with Gasteiger partial charge in [-0.15, -0.1) is 0 Å². The number of nitrogens with zero attached hydrogens (tertiary/aromatic N) is 5. The predicted molar refractivity (Wildman–Crippen MR) is 127 cm³/mol. The van der Waals surface area contributed by atoms with Crippen LogP contribution in [0.1, 0.15) is 41.9 Å². The van der Waals surface area contributed by atoms with Gasteiger partial charge in [0, 0.05) is 37.8 Å². The van der Waals surface area contributed by atoms with Crippen molar-refractivity contribution in [2.24, 2.45) is 13.0 Å².